The molecule has 1 saturated heterocycles. The van der Waals surface area contributed by atoms with Crippen LogP contribution in [0.1, 0.15) is 42.1 Å². The Kier molecular flexibility index (Phi) is 4.77. The third-order valence-electron chi connectivity index (χ3n) is 7.70. The van der Waals surface area contributed by atoms with Crippen LogP contribution in [0.3, 0.4) is 0 Å². The number of hydrogen-bond donors (Lipinski definition) is 1. The van der Waals surface area contributed by atoms with Gasteiger partial charge in [-0.1, -0.05) is 24.3 Å². The van der Waals surface area contributed by atoms with E-state index < -0.39 is 6.10 Å². The number of hydrogen-bond acceptors (Lipinski definition) is 3. The van der Waals surface area contributed by atoms with Gasteiger partial charge in [-0.15, -0.1) is 0 Å². The van der Waals surface area contributed by atoms with Gasteiger partial charge in [0.1, 0.15) is 0 Å². The normalized spacial score (nSPS) is 24.0. The highest BCUT2D eigenvalue weighted by molar-refractivity contribution is 5.85. The van der Waals surface area contributed by atoms with E-state index in [2.05, 4.69) is 39.8 Å². The van der Waals surface area contributed by atoms with E-state index in [1.807, 2.05) is 10.6 Å². The maximum Gasteiger partial charge on any atom is 0.250 e. The zero-order chi connectivity index (χ0) is 20.9. The Morgan fingerprint density at radius 3 is 2.77 bits per heavy atom. The van der Waals surface area contributed by atoms with Gasteiger partial charge in [0.15, 0.2) is 0 Å². The summed E-state index contributed by atoms with van der Waals surface area (Å²) in [6, 6.07) is 14.4. The van der Waals surface area contributed by atoms with E-state index in [1.54, 1.807) is 6.07 Å². The maximum absolute atomic E-state index is 12.3. The molecule has 3 aromatic rings. The minimum Gasteiger partial charge on any atom is -0.390 e. The third kappa shape index (κ3) is 3.35. The number of aryl methyl sites for hydroxylation is 1. The number of fused-ring (bicyclic) bond motifs is 7. The van der Waals surface area contributed by atoms with Gasteiger partial charge in [-0.25, -0.2) is 0 Å². The summed E-state index contributed by atoms with van der Waals surface area (Å²) < 4.78 is 4.37. The second-order valence-electron chi connectivity index (χ2n) is 9.83. The number of aliphatic hydroxyl groups is 1. The SMILES string of the molecule is O=c1cccc2n1C[C@@H]1C[C@@H]2CN(CC(O)Cn2c3c(c4ccccc42)CCCC3)C1. The predicted molar refractivity (Wildman–Crippen MR) is 123 cm³/mol. The number of benzene rings is 1. The van der Waals surface area contributed by atoms with Crippen molar-refractivity contribution in [3.63, 3.8) is 0 Å². The van der Waals surface area contributed by atoms with Gasteiger partial charge in [0.05, 0.1) is 12.6 Å². The second kappa shape index (κ2) is 7.64. The molecule has 5 heteroatoms. The summed E-state index contributed by atoms with van der Waals surface area (Å²) in [5.74, 6) is 0.896. The summed E-state index contributed by atoms with van der Waals surface area (Å²) in [7, 11) is 0. The monoisotopic (exact) mass is 417 g/mol. The van der Waals surface area contributed by atoms with Gasteiger partial charge in [-0.05, 0) is 55.7 Å². The van der Waals surface area contributed by atoms with Gasteiger partial charge in [0.2, 0.25) is 0 Å². The summed E-state index contributed by atoms with van der Waals surface area (Å²) in [5.41, 5.74) is 5.52. The number of β-amino-alcohol motifs (C(OH)–C–C–N with tert-alkyl or cyclic N) is 1. The molecule has 31 heavy (non-hydrogen) atoms. The van der Waals surface area contributed by atoms with Crippen molar-refractivity contribution < 1.29 is 5.11 Å². The van der Waals surface area contributed by atoms with Crippen LogP contribution in [0.5, 0.6) is 0 Å². The minimum absolute atomic E-state index is 0.130. The molecule has 5 nitrogen and oxygen atoms in total. The minimum atomic E-state index is -0.390. The van der Waals surface area contributed by atoms with Crippen molar-refractivity contribution in [2.24, 2.45) is 5.92 Å². The maximum atomic E-state index is 12.3. The van der Waals surface area contributed by atoms with Crippen molar-refractivity contribution in [3.05, 3.63) is 69.8 Å². The molecule has 2 aromatic heterocycles. The van der Waals surface area contributed by atoms with Crippen LogP contribution >= 0.6 is 0 Å². The molecule has 1 unspecified atom stereocenters. The van der Waals surface area contributed by atoms with Gasteiger partial charge in [-0.3, -0.25) is 9.69 Å². The summed E-state index contributed by atoms with van der Waals surface area (Å²) in [4.78, 5) is 14.7. The van der Waals surface area contributed by atoms with Crippen molar-refractivity contribution in [1.82, 2.24) is 14.0 Å². The number of aromatic nitrogens is 2. The van der Waals surface area contributed by atoms with Crippen LogP contribution < -0.4 is 5.56 Å². The zero-order valence-corrected chi connectivity index (χ0v) is 18.0. The third-order valence-corrected chi connectivity index (χ3v) is 7.70. The van der Waals surface area contributed by atoms with Crippen molar-refractivity contribution in [3.8, 4) is 0 Å². The second-order valence-corrected chi connectivity index (χ2v) is 9.83. The number of para-hydroxylation sites is 1. The molecule has 6 rings (SSSR count). The molecule has 162 valence electrons. The van der Waals surface area contributed by atoms with Crippen LogP contribution in [0.2, 0.25) is 0 Å². The average molecular weight is 418 g/mol. The van der Waals surface area contributed by atoms with Gasteiger partial charge in [0.25, 0.3) is 5.56 Å². The number of rotatable bonds is 4. The van der Waals surface area contributed by atoms with Gasteiger partial charge >= 0.3 is 0 Å². The molecule has 3 atom stereocenters. The molecule has 0 spiro atoms. The predicted octanol–water partition coefficient (Wildman–Crippen LogP) is 3.16. The Hall–Kier alpha value is -2.37. The van der Waals surface area contributed by atoms with Crippen molar-refractivity contribution >= 4 is 10.9 Å². The largest absolute Gasteiger partial charge is 0.390 e. The number of piperidine rings is 1. The van der Waals surface area contributed by atoms with E-state index in [-0.39, 0.29) is 5.56 Å². The number of likely N-dealkylation sites (tertiary alicyclic amines) is 1. The Balaban J connectivity index is 1.21. The highest BCUT2D eigenvalue weighted by Gasteiger charge is 2.35. The van der Waals surface area contributed by atoms with Gasteiger partial charge in [-0.2, -0.15) is 0 Å². The Bertz CT molecular complexity index is 1180. The molecule has 4 heterocycles. The van der Waals surface area contributed by atoms with E-state index >= 15 is 0 Å². The van der Waals surface area contributed by atoms with Gasteiger partial charge in [0, 0.05) is 60.5 Å². The van der Waals surface area contributed by atoms with Crippen LogP contribution in [0.25, 0.3) is 10.9 Å². The van der Waals surface area contributed by atoms with E-state index in [9.17, 15) is 9.90 Å². The molecular weight excluding hydrogens is 386 g/mol. The van der Waals surface area contributed by atoms with Crippen molar-refractivity contribution in [1.29, 1.82) is 0 Å². The summed E-state index contributed by atoms with van der Waals surface area (Å²) in [5, 5.41) is 12.5. The first-order valence-electron chi connectivity index (χ1n) is 11.9. The molecule has 3 aliphatic rings. The molecule has 0 radical (unpaired) electrons. The van der Waals surface area contributed by atoms with E-state index in [0.717, 1.165) is 38.9 Å². The first kappa shape index (κ1) is 19.3. The molecule has 1 aliphatic carbocycles. The fourth-order valence-corrected chi connectivity index (χ4v) is 6.51. The van der Waals surface area contributed by atoms with Crippen molar-refractivity contribution in [2.45, 2.75) is 57.2 Å². The molecule has 1 aromatic carbocycles. The summed E-state index contributed by atoms with van der Waals surface area (Å²) in [6.07, 6.45) is 5.56. The summed E-state index contributed by atoms with van der Waals surface area (Å²) in [6.45, 7) is 4.08. The standard InChI is InChI=1S/C26H31N3O2/c30-20(17-28-24-8-3-1-6-21(24)22-7-2-4-9-25(22)28)16-27-13-18-12-19(15-27)23-10-5-11-26(31)29(23)14-18/h1,3,5-6,8,10-11,18-20,30H,2,4,7,9,12-17H2/t18-,19-,20?/m1/s1. The lowest BCUT2D eigenvalue weighted by Gasteiger charge is -2.43. The molecule has 0 saturated carbocycles. The Labute approximate surface area is 182 Å². The van der Waals surface area contributed by atoms with Crippen LogP contribution in [0.4, 0.5) is 0 Å². The molecule has 0 amide bonds. The van der Waals surface area contributed by atoms with E-state index in [0.29, 0.717) is 24.9 Å². The summed E-state index contributed by atoms with van der Waals surface area (Å²) >= 11 is 0. The van der Waals surface area contributed by atoms with E-state index in [1.165, 1.54) is 40.7 Å². The van der Waals surface area contributed by atoms with E-state index in [4.69, 9.17) is 0 Å². The molecule has 2 bridgehead atoms. The smallest absolute Gasteiger partial charge is 0.250 e. The number of pyridine rings is 1. The Morgan fingerprint density at radius 1 is 0.968 bits per heavy atom. The average Bonchev–Trinajstić information content (AvgIpc) is 3.08. The lowest BCUT2D eigenvalue weighted by Crippen LogP contribution is -2.49. The van der Waals surface area contributed by atoms with Crippen LogP contribution in [-0.2, 0) is 25.9 Å². The van der Waals surface area contributed by atoms with Crippen LogP contribution in [0, 0.1) is 5.92 Å². The van der Waals surface area contributed by atoms with Gasteiger partial charge < -0.3 is 14.2 Å². The molecular formula is C26H31N3O2. The number of aliphatic hydroxyl groups excluding tert-OH is 1. The highest BCUT2D eigenvalue weighted by Crippen LogP contribution is 2.35. The molecule has 1 fully saturated rings. The van der Waals surface area contributed by atoms with Crippen LogP contribution in [-0.4, -0.2) is 44.9 Å². The fourth-order valence-electron chi connectivity index (χ4n) is 6.51. The lowest BCUT2D eigenvalue weighted by atomic mass is 9.83. The lowest BCUT2D eigenvalue weighted by molar-refractivity contribution is 0.0549. The quantitative estimate of drug-likeness (QED) is 0.710. The first-order valence-corrected chi connectivity index (χ1v) is 11.9. The zero-order valence-electron chi connectivity index (χ0n) is 18.0. The number of nitrogens with zero attached hydrogens (tertiary/aromatic N) is 3. The first-order chi connectivity index (χ1) is 15.2. The topological polar surface area (TPSA) is 50.4 Å². The van der Waals surface area contributed by atoms with Crippen molar-refractivity contribution in [2.75, 3.05) is 19.6 Å². The fraction of sp³-hybridized carbons (Fsp3) is 0.500. The Morgan fingerprint density at radius 2 is 1.84 bits per heavy atom. The molecule has 1 N–H and O–H groups in total. The molecule has 2 aliphatic heterocycles. The highest BCUT2D eigenvalue weighted by atomic mass is 16.3. The van der Waals surface area contributed by atoms with Crippen LogP contribution in [0.15, 0.2) is 47.3 Å².